The van der Waals surface area contributed by atoms with Gasteiger partial charge in [-0.25, -0.2) is 5.43 Å². The van der Waals surface area contributed by atoms with Gasteiger partial charge in [-0.3, -0.25) is 19.8 Å². The van der Waals surface area contributed by atoms with Crippen molar-refractivity contribution in [3.63, 3.8) is 0 Å². The van der Waals surface area contributed by atoms with Crippen LogP contribution in [-0.4, -0.2) is 61.4 Å². The molecule has 1 N–H and O–H groups in total. The summed E-state index contributed by atoms with van der Waals surface area (Å²) in [7, 11) is 0. The number of carbonyl (C=O) groups is 1. The Morgan fingerprint density at radius 3 is 2.85 bits per heavy atom. The van der Waals surface area contributed by atoms with Gasteiger partial charge in [-0.2, -0.15) is 13.9 Å². The van der Waals surface area contributed by atoms with E-state index in [0.29, 0.717) is 19.8 Å². The van der Waals surface area contributed by atoms with Gasteiger partial charge in [0.05, 0.1) is 24.4 Å². The molecule has 1 aromatic rings. The molecule has 26 heavy (non-hydrogen) atoms. The Balaban J connectivity index is 1.93. The lowest BCUT2D eigenvalue weighted by Crippen LogP contribution is -2.38. The predicted molar refractivity (Wildman–Crippen MR) is 87.3 cm³/mol. The summed E-state index contributed by atoms with van der Waals surface area (Å²) in [6.07, 6.45) is 1.23. The number of amides is 1. The fourth-order valence-corrected chi connectivity index (χ4v) is 2.27. The number of hydrazone groups is 1. The molecule has 9 nitrogen and oxygen atoms in total. The average molecular weight is 372 g/mol. The minimum atomic E-state index is -3.09. The molecule has 0 aliphatic carbocycles. The number of halogens is 2. The van der Waals surface area contributed by atoms with Crippen molar-refractivity contribution in [2.24, 2.45) is 5.10 Å². The van der Waals surface area contributed by atoms with Gasteiger partial charge in [0.25, 0.3) is 5.69 Å². The molecule has 0 radical (unpaired) electrons. The Kier molecular flexibility index (Phi) is 7.36. The van der Waals surface area contributed by atoms with E-state index in [-0.39, 0.29) is 29.3 Å². The highest BCUT2D eigenvalue weighted by Crippen LogP contribution is 2.24. The van der Waals surface area contributed by atoms with Crippen molar-refractivity contribution in [1.29, 1.82) is 0 Å². The molecule has 1 aliphatic heterocycles. The molecule has 2 rings (SSSR count). The maximum Gasteiger partial charge on any atom is 0.387 e. The van der Waals surface area contributed by atoms with Gasteiger partial charge in [0, 0.05) is 43.8 Å². The summed E-state index contributed by atoms with van der Waals surface area (Å²) in [5.74, 6) is -0.647. The number of nitro groups is 1. The first-order chi connectivity index (χ1) is 12.5. The van der Waals surface area contributed by atoms with Crippen LogP contribution in [-0.2, 0) is 9.53 Å². The standard InChI is InChI=1S/C15H18F2N4O5/c16-15(17)26-13-2-1-12(21(23)24)9-11(13)10-18-19-14(22)3-4-20-5-7-25-8-6-20/h1-2,9-10,15H,3-8H2,(H,19,22)/b18-10+. The Morgan fingerprint density at radius 1 is 1.46 bits per heavy atom. The highest BCUT2D eigenvalue weighted by Gasteiger charge is 2.14. The first-order valence-electron chi connectivity index (χ1n) is 7.81. The smallest absolute Gasteiger partial charge is 0.387 e. The molecular weight excluding hydrogens is 354 g/mol. The number of nitrogens with one attached hydrogen (secondary N) is 1. The Morgan fingerprint density at radius 2 is 2.19 bits per heavy atom. The molecule has 1 amide bonds. The lowest BCUT2D eigenvalue weighted by atomic mass is 10.2. The SMILES string of the molecule is O=C(CCN1CCOCC1)N/N=C/c1cc([N+](=O)[O-])ccc1OC(F)F. The number of non-ortho nitro benzene ring substituents is 1. The monoisotopic (exact) mass is 372 g/mol. The molecule has 0 atom stereocenters. The number of nitrogens with zero attached hydrogens (tertiary/aromatic N) is 3. The zero-order valence-electron chi connectivity index (χ0n) is 13.8. The molecular formula is C15H18F2N4O5. The number of hydrogen-bond donors (Lipinski definition) is 1. The first-order valence-corrected chi connectivity index (χ1v) is 7.81. The van der Waals surface area contributed by atoms with E-state index in [1.165, 1.54) is 0 Å². The molecule has 0 spiro atoms. The molecule has 11 heteroatoms. The maximum atomic E-state index is 12.4. The fraction of sp³-hybridized carbons (Fsp3) is 0.467. The Labute approximate surface area is 147 Å². The number of morpholine rings is 1. The van der Waals surface area contributed by atoms with Gasteiger partial charge in [0.2, 0.25) is 5.91 Å². The van der Waals surface area contributed by atoms with E-state index >= 15 is 0 Å². The Hall–Kier alpha value is -2.66. The molecule has 0 saturated carbocycles. The van der Waals surface area contributed by atoms with Crippen LogP contribution in [0.5, 0.6) is 5.75 Å². The third-order valence-electron chi connectivity index (χ3n) is 3.57. The van der Waals surface area contributed by atoms with Crippen LogP contribution in [0, 0.1) is 10.1 Å². The molecule has 1 heterocycles. The molecule has 0 unspecified atom stereocenters. The van der Waals surface area contributed by atoms with Crippen molar-refractivity contribution in [3.8, 4) is 5.75 Å². The molecule has 1 aromatic carbocycles. The van der Waals surface area contributed by atoms with Crippen LogP contribution in [0.25, 0.3) is 0 Å². The normalized spacial score (nSPS) is 15.3. The van der Waals surface area contributed by atoms with E-state index in [1.54, 1.807) is 0 Å². The second kappa shape index (κ2) is 9.73. The second-order valence-electron chi connectivity index (χ2n) is 5.35. The van der Waals surface area contributed by atoms with E-state index in [0.717, 1.165) is 37.5 Å². The number of carbonyl (C=O) groups excluding carboxylic acids is 1. The Bertz CT molecular complexity index is 665. The molecule has 1 saturated heterocycles. The van der Waals surface area contributed by atoms with Gasteiger partial charge in [-0.15, -0.1) is 0 Å². The summed E-state index contributed by atoms with van der Waals surface area (Å²) in [6, 6.07) is 3.11. The van der Waals surface area contributed by atoms with Crippen molar-refractivity contribution in [3.05, 3.63) is 33.9 Å². The van der Waals surface area contributed by atoms with Crippen LogP contribution in [0.15, 0.2) is 23.3 Å². The van der Waals surface area contributed by atoms with Gasteiger partial charge in [0.15, 0.2) is 0 Å². The van der Waals surface area contributed by atoms with Crippen LogP contribution in [0.4, 0.5) is 14.5 Å². The topological polar surface area (TPSA) is 106 Å². The van der Waals surface area contributed by atoms with Crippen molar-refractivity contribution >= 4 is 17.8 Å². The average Bonchev–Trinajstić information content (AvgIpc) is 2.61. The van der Waals surface area contributed by atoms with Crippen LogP contribution in [0.3, 0.4) is 0 Å². The van der Waals surface area contributed by atoms with Crippen LogP contribution in [0.2, 0.25) is 0 Å². The van der Waals surface area contributed by atoms with E-state index in [4.69, 9.17) is 4.74 Å². The third-order valence-corrected chi connectivity index (χ3v) is 3.57. The van der Waals surface area contributed by atoms with Gasteiger partial charge in [0.1, 0.15) is 5.75 Å². The van der Waals surface area contributed by atoms with Crippen molar-refractivity contribution < 1.29 is 28.0 Å². The van der Waals surface area contributed by atoms with Gasteiger partial charge < -0.3 is 9.47 Å². The number of nitro benzene ring substituents is 1. The summed E-state index contributed by atoms with van der Waals surface area (Å²) in [6.45, 7) is 0.198. The van der Waals surface area contributed by atoms with Crippen molar-refractivity contribution in [2.75, 3.05) is 32.8 Å². The maximum absolute atomic E-state index is 12.4. The quantitative estimate of drug-likeness (QED) is 0.420. The van der Waals surface area contributed by atoms with Crippen LogP contribution in [0.1, 0.15) is 12.0 Å². The largest absolute Gasteiger partial charge is 0.434 e. The summed E-state index contributed by atoms with van der Waals surface area (Å²) >= 11 is 0. The number of ether oxygens (including phenoxy) is 2. The summed E-state index contributed by atoms with van der Waals surface area (Å²) < 4.78 is 34.3. The minimum Gasteiger partial charge on any atom is -0.434 e. The number of rotatable bonds is 8. The van der Waals surface area contributed by atoms with Gasteiger partial charge in [-0.1, -0.05) is 0 Å². The number of hydrogen-bond acceptors (Lipinski definition) is 7. The molecule has 0 bridgehead atoms. The summed E-state index contributed by atoms with van der Waals surface area (Å²) in [4.78, 5) is 24.0. The lowest BCUT2D eigenvalue weighted by molar-refractivity contribution is -0.384. The van der Waals surface area contributed by atoms with E-state index in [9.17, 15) is 23.7 Å². The number of benzene rings is 1. The van der Waals surface area contributed by atoms with Gasteiger partial charge >= 0.3 is 6.61 Å². The zero-order valence-corrected chi connectivity index (χ0v) is 13.8. The lowest BCUT2D eigenvalue weighted by Gasteiger charge is -2.25. The van der Waals surface area contributed by atoms with Crippen molar-refractivity contribution in [2.45, 2.75) is 13.0 Å². The van der Waals surface area contributed by atoms with E-state index in [2.05, 4.69) is 20.2 Å². The van der Waals surface area contributed by atoms with Crippen LogP contribution < -0.4 is 10.2 Å². The van der Waals surface area contributed by atoms with Crippen LogP contribution >= 0.6 is 0 Å². The number of alkyl halides is 2. The highest BCUT2D eigenvalue weighted by atomic mass is 19.3. The fourth-order valence-electron chi connectivity index (χ4n) is 2.27. The molecule has 142 valence electrons. The first kappa shape index (κ1) is 19.7. The molecule has 1 aliphatic rings. The van der Waals surface area contributed by atoms with Crippen molar-refractivity contribution in [1.82, 2.24) is 10.3 Å². The molecule has 1 fully saturated rings. The summed E-state index contributed by atoms with van der Waals surface area (Å²) in [5, 5.41) is 14.5. The summed E-state index contributed by atoms with van der Waals surface area (Å²) in [5.41, 5.74) is 1.90. The minimum absolute atomic E-state index is 0.0482. The second-order valence-corrected chi connectivity index (χ2v) is 5.35. The van der Waals surface area contributed by atoms with Gasteiger partial charge in [-0.05, 0) is 6.07 Å². The zero-order chi connectivity index (χ0) is 18.9. The van der Waals surface area contributed by atoms with E-state index in [1.807, 2.05) is 0 Å². The highest BCUT2D eigenvalue weighted by molar-refractivity contribution is 5.86. The molecule has 0 aromatic heterocycles. The third kappa shape index (κ3) is 6.33. The van der Waals surface area contributed by atoms with E-state index < -0.39 is 11.5 Å². The predicted octanol–water partition coefficient (Wildman–Crippen LogP) is 1.37.